The molecule has 2 unspecified atom stereocenters. The molecule has 0 aliphatic carbocycles. The average molecular weight is 253 g/mol. The Balaban J connectivity index is 2.88. The van der Waals surface area contributed by atoms with Crippen molar-refractivity contribution in [2.75, 3.05) is 6.54 Å². The lowest BCUT2D eigenvalue weighted by atomic mass is 9.90. The summed E-state index contributed by atoms with van der Waals surface area (Å²) >= 11 is 0. The Kier molecular flexibility index (Phi) is 6.17. The van der Waals surface area contributed by atoms with Crippen molar-refractivity contribution >= 4 is 15.7 Å². The fourth-order valence-electron chi connectivity index (χ4n) is 2.01. The summed E-state index contributed by atoms with van der Waals surface area (Å²) in [5.41, 5.74) is 1.51. The Bertz CT molecular complexity index is 368. The van der Waals surface area contributed by atoms with Gasteiger partial charge in [0, 0.05) is 0 Å². The predicted octanol–water partition coefficient (Wildman–Crippen LogP) is 2.86. The van der Waals surface area contributed by atoms with Crippen molar-refractivity contribution in [1.29, 1.82) is 0 Å². The van der Waals surface area contributed by atoms with Gasteiger partial charge in [0.25, 0.3) is 0 Å². The van der Waals surface area contributed by atoms with E-state index in [0.717, 1.165) is 31.4 Å². The summed E-state index contributed by atoms with van der Waals surface area (Å²) in [5.74, 6) is 0.496. The minimum atomic E-state index is 0.0585. The highest BCUT2D eigenvalue weighted by atomic mass is 31.0. The van der Waals surface area contributed by atoms with Crippen LogP contribution in [0.5, 0.6) is 5.75 Å². The van der Waals surface area contributed by atoms with Crippen LogP contribution in [0.25, 0.3) is 0 Å². The maximum Gasteiger partial charge on any atom is 0.153 e. The van der Waals surface area contributed by atoms with Crippen molar-refractivity contribution in [1.82, 2.24) is 5.09 Å². The van der Waals surface area contributed by atoms with Crippen LogP contribution in [0.1, 0.15) is 48.0 Å². The smallest absolute Gasteiger partial charge is 0.153 e. The standard InChI is InChI=1S/C13H20NO2P/c1-2-3-10(6-7-14-17)11-4-5-13(16)12(8-11)9-15/h4-5,8-10,14,16H,2-3,6-7,17H2,1H3. The number of phenols is 1. The second kappa shape index (κ2) is 7.41. The van der Waals surface area contributed by atoms with E-state index in [4.69, 9.17) is 0 Å². The van der Waals surface area contributed by atoms with Crippen molar-refractivity contribution in [3.63, 3.8) is 0 Å². The van der Waals surface area contributed by atoms with Gasteiger partial charge in [-0.05, 0) is 43.0 Å². The van der Waals surface area contributed by atoms with Gasteiger partial charge in [0.1, 0.15) is 5.75 Å². The lowest BCUT2D eigenvalue weighted by Crippen LogP contribution is -2.08. The van der Waals surface area contributed by atoms with Crippen LogP contribution < -0.4 is 5.09 Å². The van der Waals surface area contributed by atoms with Gasteiger partial charge in [-0.2, -0.15) is 0 Å². The molecule has 94 valence electrons. The number of phenolic OH excluding ortho intramolecular Hbond substituents is 1. The third-order valence-electron chi connectivity index (χ3n) is 2.92. The van der Waals surface area contributed by atoms with Crippen LogP contribution >= 0.6 is 9.39 Å². The normalized spacial score (nSPS) is 12.4. The number of rotatable bonds is 7. The molecular formula is C13H20NO2P. The summed E-state index contributed by atoms with van der Waals surface area (Å²) in [6.45, 7) is 3.08. The first-order valence-corrected chi connectivity index (χ1v) is 6.52. The Morgan fingerprint density at radius 1 is 1.47 bits per heavy atom. The van der Waals surface area contributed by atoms with Gasteiger partial charge in [-0.1, -0.05) is 28.8 Å². The number of nitrogens with one attached hydrogen (secondary N) is 1. The first-order valence-electron chi connectivity index (χ1n) is 5.94. The van der Waals surface area contributed by atoms with Crippen LogP contribution in [0.4, 0.5) is 0 Å². The van der Waals surface area contributed by atoms with E-state index in [2.05, 4.69) is 21.4 Å². The Morgan fingerprint density at radius 2 is 2.24 bits per heavy atom. The van der Waals surface area contributed by atoms with E-state index in [1.165, 1.54) is 0 Å². The highest BCUT2D eigenvalue weighted by Gasteiger charge is 2.12. The lowest BCUT2D eigenvalue weighted by molar-refractivity contribution is 0.112. The van der Waals surface area contributed by atoms with Gasteiger partial charge < -0.3 is 10.2 Å². The summed E-state index contributed by atoms with van der Waals surface area (Å²) in [7, 11) is 2.50. The van der Waals surface area contributed by atoms with Gasteiger partial charge in [-0.15, -0.1) is 0 Å². The quantitative estimate of drug-likeness (QED) is 0.580. The van der Waals surface area contributed by atoms with E-state index in [9.17, 15) is 9.90 Å². The fraction of sp³-hybridized carbons (Fsp3) is 0.462. The fourth-order valence-corrected chi connectivity index (χ4v) is 2.17. The summed E-state index contributed by atoms with van der Waals surface area (Å²) in [6, 6.07) is 5.31. The SMILES string of the molecule is CCCC(CCNP)c1ccc(O)c(C=O)c1. The summed E-state index contributed by atoms with van der Waals surface area (Å²) in [5, 5.41) is 12.5. The molecule has 17 heavy (non-hydrogen) atoms. The maximum absolute atomic E-state index is 10.8. The predicted molar refractivity (Wildman–Crippen MR) is 73.5 cm³/mol. The molecule has 0 saturated heterocycles. The second-order valence-corrected chi connectivity index (χ2v) is 4.57. The van der Waals surface area contributed by atoms with Crippen molar-refractivity contribution in [3.05, 3.63) is 29.3 Å². The molecule has 0 saturated carbocycles. The Hall–Kier alpha value is -0.920. The second-order valence-electron chi connectivity index (χ2n) is 4.16. The third-order valence-corrected chi connectivity index (χ3v) is 3.21. The highest BCUT2D eigenvalue weighted by Crippen LogP contribution is 2.28. The van der Waals surface area contributed by atoms with Crippen LogP contribution in [-0.2, 0) is 0 Å². The molecule has 0 bridgehead atoms. The number of carbonyl (C=O) groups is 1. The molecular weight excluding hydrogens is 233 g/mol. The summed E-state index contributed by atoms with van der Waals surface area (Å²) in [6.07, 6.45) is 3.93. The van der Waals surface area contributed by atoms with Crippen LogP contribution in [0, 0.1) is 0 Å². The van der Waals surface area contributed by atoms with E-state index in [1.54, 1.807) is 12.1 Å². The zero-order valence-corrected chi connectivity index (χ0v) is 11.3. The third kappa shape index (κ3) is 4.10. The molecule has 3 nitrogen and oxygen atoms in total. The van der Waals surface area contributed by atoms with E-state index in [-0.39, 0.29) is 5.75 Å². The largest absolute Gasteiger partial charge is 0.507 e. The van der Waals surface area contributed by atoms with Crippen molar-refractivity contribution in [2.24, 2.45) is 0 Å². The number of carbonyl (C=O) groups excluding carboxylic acids is 1. The molecule has 0 aliphatic rings. The molecule has 0 aliphatic heterocycles. The zero-order chi connectivity index (χ0) is 12.7. The number of aromatic hydroxyl groups is 1. The molecule has 0 spiro atoms. The topological polar surface area (TPSA) is 49.3 Å². The van der Waals surface area contributed by atoms with Crippen LogP contribution in [-0.4, -0.2) is 17.9 Å². The van der Waals surface area contributed by atoms with E-state index >= 15 is 0 Å². The molecule has 1 aromatic rings. The monoisotopic (exact) mass is 253 g/mol. The minimum Gasteiger partial charge on any atom is -0.507 e. The van der Waals surface area contributed by atoms with E-state index in [0.29, 0.717) is 17.8 Å². The molecule has 4 heteroatoms. The molecule has 2 atom stereocenters. The first kappa shape index (κ1) is 14.1. The molecule has 0 amide bonds. The van der Waals surface area contributed by atoms with Gasteiger partial charge in [0.15, 0.2) is 6.29 Å². The van der Waals surface area contributed by atoms with E-state index in [1.807, 2.05) is 6.07 Å². The lowest BCUT2D eigenvalue weighted by Gasteiger charge is -2.17. The number of hydrogen-bond acceptors (Lipinski definition) is 3. The van der Waals surface area contributed by atoms with Crippen LogP contribution in [0.2, 0.25) is 0 Å². The molecule has 0 heterocycles. The number of aldehydes is 1. The van der Waals surface area contributed by atoms with Gasteiger partial charge in [-0.3, -0.25) is 4.79 Å². The zero-order valence-electron chi connectivity index (χ0n) is 10.1. The number of hydrogen-bond donors (Lipinski definition) is 2. The van der Waals surface area contributed by atoms with Crippen LogP contribution in [0.15, 0.2) is 18.2 Å². The van der Waals surface area contributed by atoms with Crippen molar-refractivity contribution < 1.29 is 9.90 Å². The van der Waals surface area contributed by atoms with Gasteiger partial charge in [0.2, 0.25) is 0 Å². The van der Waals surface area contributed by atoms with Gasteiger partial charge >= 0.3 is 0 Å². The summed E-state index contributed by atoms with van der Waals surface area (Å²) in [4.78, 5) is 10.8. The molecule has 1 aromatic carbocycles. The summed E-state index contributed by atoms with van der Waals surface area (Å²) < 4.78 is 0. The molecule has 0 radical (unpaired) electrons. The van der Waals surface area contributed by atoms with Crippen molar-refractivity contribution in [2.45, 2.75) is 32.1 Å². The maximum atomic E-state index is 10.8. The first-order chi connectivity index (χ1) is 8.22. The number of benzene rings is 1. The average Bonchev–Trinajstić information content (AvgIpc) is 2.35. The Labute approximate surface area is 105 Å². The molecule has 1 rings (SSSR count). The van der Waals surface area contributed by atoms with Gasteiger partial charge in [0.05, 0.1) is 5.56 Å². The molecule has 0 aromatic heterocycles. The highest BCUT2D eigenvalue weighted by molar-refractivity contribution is 7.13. The molecule has 2 N–H and O–H groups in total. The van der Waals surface area contributed by atoms with Crippen molar-refractivity contribution in [3.8, 4) is 5.75 Å². The Morgan fingerprint density at radius 3 is 2.82 bits per heavy atom. The molecule has 0 fully saturated rings. The van der Waals surface area contributed by atoms with Gasteiger partial charge in [-0.25, -0.2) is 0 Å². The van der Waals surface area contributed by atoms with Crippen LogP contribution in [0.3, 0.4) is 0 Å². The van der Waals surface area contributed by atoms with E-state index < -0.39 is 0 Å². The minimum absolute atomic E-state index is 0.0585.